The minimum atomic E-state index is -0.111. The number of carbonyl (C=O) groups is 1. The molecule has 2 aromatic rings. The monoisotopic (exact) mass is 328 g/mol. The molecule has 1 fully saturated rings. The first-order chi connectivity index (χ1) is 11.7. The Kier molecular flexibility index (Phi) is 5.46. The highest BCUT2D eigenvalue weighted by molar-refractivity contribution is 5.74. The third-order valence-electron chi connectivity index (χ3n) is 4.31. The second-order valence-corrected chi connectivity index (χ2v) is 6.37. The number of carbonyl (C=O) groups excluding carboxylic acids is 1. The largest absolute Gasteiger partial charge is 0.339 e. The molecule has 0 aliphatic heterocycles. The molecule has 0 unspecified atom stereocenters. The van der Waals surface area contributed by atoms with Gasteiger partial charge in [0, 0.05) is 24.6 Å². The summed E-state index contributed by atoms with van der Waals surface area (Å²) >= 11 is 0. The first-order valence-electron chi connectivity index (χ1n) is 8.65. The van der Waals surface area contributed by atoms with Crippen molar-refractivity contribution in [2.75, 3.05) is 6.54 Å². The van der Waals surface area contributed by atoms with Crippen LogP contribution in [0.15, 0.2) is 28.8 Å². The molecule has 24 heavy (non-hydrogen) atoms. The number of nitrogens with one attached hydrogen (secondary N) is 2. The number of amides is 2. The molecule has 2 amide bonds. The van der Waals surface area contributed by atoms with Crippen LogP contribution >= 0.6 is 0 Å². The third kappa shape index (κ3) is 4.57. The van der Waals surface area contributed by atoms with E-state index >= 15 is 0 Å². The van der Waals surface area contributed by atoms with Gasteiger partial charge in [-0.1, -0.05) is 48.2 Å². The average molecular weight is 328 g/mol. The number of nitrogens with zero attached hydrogens (tertiary/aromatic N) is 2. The van der Waals surface area contributed by atoms with Gasteiger partial charge in [-0.2, -0.15) is 4.98 Å². The Morgan fingerprint density at radius 3 is 2.92 bits per heavy atom. The van der Waals surface area contributed by atoms with Crippen molar-refractivity contribution in [1.82, 2.24) is 20.8 Å². The highest BCUT2D eigenvalue weighted by atomic mass is 16.5. The first kappa shape index (κ1) is 16.5. The van der Waals surface area contributed by atoms with Crippen LogP contribution in [0.2, 0.25) is 0 Å². The summed E-state index contributed by atoms with van der Waals surface area (Å²) in [5, 5.41) is 9.89. The van der Waals surface area contributed by atoms with E-state index in [-0.39, 0.29) is 6.03 Å². The Labute approximate surface area is 142 Å². The molecule has 1 aliphatic rings. The van der Waals surface area contributed by atoms with E-state index in [1.807, 2.05) is 31.2 Å². The SMILES string of the molecule is Cc1cccc(-c2noc(CCNC(=O)NC3CCCCC3)n2)c1. The second kappa shape index (κ2) is 7.95. The molecule has 1 saturated carbocycles. The lowest BCUT2D eigenvalue weighted by Crippen LogP contribution is -2.43. The Morgan fingerprint density at radius 2 is 2.12 bits per heavy atom. The average Bonchev–Trinajstić information content (AvgIpc) is 3.05. The zero-order valence-corrected chi connectivity index (χ0v) is 14.0. The Balaban J connectivity index is 1.44. The highest BCUT2D eigenvalue weighted by Gasteiger charge is 2.15. The summed E-state index contributed by atoms with van der Waals surface area (Å²) in [6, 6.07) is 8.18. The van der Waals surface area contributed by atoms with E-state index in [9.17, 15) is 4.79 Å². The fourth-order valence-corrected chi connectivity index (χ4v) is 3.02. The number of aryl methyl sites for hydroxylation is 1. The Morgan fingerprint density at radius 1 is 1.29 bits per heavy atom. The van der Waals surface area contributed by atoms with Crippen LogP contribution in [0.5, 0.6) is 0 Å². The fraction of sp³-hybridized carbons (Fsp3) is 0.500. The Bertz CT molecular complexity index is 677. The number of benzene rings is 1. The van der Waals surface area contributed by atoms with Gasteiger partial charge in [0.1, 0.15) is 0 Å². The van der Waals surface area contributed by atoms with Gasteiger partial charge in [-0.3, -0.25) is 0 Å². The van der Waals surface area contributed by atoms with Gasteiger partial charge in [0.05, 0.1) is 0 Å². The van der Waals surface area contributed by atoms with E-state index in [0.29, 0.717) is 30.7 Å². The maximum Gasteiger partial charge on any atom is 0.315 e. The van der Waals surface area contributed by atoms with Gasteiger partial charge in [-0.25, -0.2) is 4.79 Å². The third-order valence-corrected chi connectivity index (χ3v) is 4.31. The molecule has 0 atom stereocenters. The fourth-order valence-electron chi connectivity index (χ4n) is 3.02. The number of urea groups is 1. The van der Waals surface area contributed by atoms with Crippen molar-refractivity contribution < 1.29 is 9.32 Å². The maximum absolute atomic E-state index is 11.9. The van der Waals surface area contributed by atoms with E-state index in [4.69, 9.17) is 4.52 Å². The summed E-state index contributed by atoms with van der Waals surface area (Å²) in [4.78, 5) is 16.3. The quantitative estimate of drug-likeness (QED) is 0.883. The molecule has 0 saturated heterocycles. The van der Waals surface area contributed by atoms with Crippen LogP contribution in [0, 0.1) is 6.92 Å². The van der Waals surface area contributed by atoms with Crippen LogP contribution < -0.4 is 10.6 Å². The molecule has 6 heteroatoms. The molecule has 2 N–H and O–H groups in total. The van der Waals surface area contributed by atoms with Crippen molar-refractivity contribution in [1.29, 1.82) is 0 Å². The normalized spacial score (nSPS) is 15.2. The van der Waals surface area contributed by atoms with Gasteiger partial charge >= 0.3 is 6.03 Å². The van der Waals surface area contributed by atoms with Gasteiger partial charge in [-0.05, 0) is 25.8 Å². The van der Waals surface area contributed by atoms with Crippen molar-refractivity contribution in [2.45, 2.75) is 51.5 Å². The van der Waals surface area contributed by atoms with E-state index in [1.54, 1.807) is 0 Å². The zero-order chi connectivity index (χ0) is 16.8. The summed E-state index contributed by atoms with van der Waals surface area (Å²) in [6.07, 6.45) is 6.37. The summed E-state index contributed by atoms with van der Waals surface area (Å²) in [5.41, 5.74) is 2.09. The smallest absolute Gasteiger partial charge is 0.315 e. The van der Waals surface area contributed by atoms with Crippen LogP contribution in [0.4, 0.5) is 4.79 Å². The summed E-state index contributed by atoms with van der Waals surface area (Å²) in [7, 11) is 0. The van der Waals surface area contributed by atoms with Gasteiger partial charge in [0.25, 0.3) is 0 Å². The lowest BCUT2D eigenvalue weighted by molar-refractivity contribution is 0.232. The van der Waals surface area contributed by atoms with Crippen molar-refractivity contribution in [3.63, 3.8) is 0 Å². The molecule has 128 valence electrons. The zero-order valence-electron chi connectivity index (χ0n) is 14.0. The summed E-state index contributed by atoms with van der Waals surface area (Å²) in [5.74, 6) is 1.12. The molecule has 0 bridgehead atoms. The van der Waals surface area contributed by atoms with Crippen LogP contribution in [-0.2, 0) is 6.42 Å². The topological polar surface area (TPSA) is 80.0 Å². The van der Waals surface area contributed by atoms with Crippen molar-refractivity contribution in [2.24, 2.45) is 0 Å². The molecule has 1 aliphatic carbocycles. The lowest BCUT2D eigenvalue weighted by atomic mass is 9.96. The van der Waals surface area contributed by atoms with E-state index < -0.39 is 0 Å². The van der Waals surface area contributed by atoms with Crippen LogP contribution in [0.25, 0.3) is 11.4 Å². The van der Waals surface area contributed by atoms with Crippen LogP contribution in [-0.4, -0.2) is 28.8 Å². The molecule has 1 heterocycles. The van der Waals surface area contributed by atoms with Gasteiger partial charge in [0.2, 0.25) is 11.7 Å². The Hall–Kier alpha value is -2.37. The van der Waals surface area contributed by atoms with Crippen molar-refractivity contribution in [3.05, 3.63) is 35.7 Å². The molecular weight excluding hydrogens is 304 g/mol. The lowest BCUT2D eigenvalue weighted by Gasteiger charge is -2.22. The standard InChI is InChI=1S/C18H24N4O2/c1-13-6-5-7-14(12-13)17-21-16(24-22-17)10-11-19-18(23)20-15-8-3-2-4-9-15/h5-7,12,15H,2-4,8-11H2,1H3,(H2,19,20,23). The molecule has 0 spiro atoms. The van der Waals surface area contributed by atoms with Crippen molar-refractivity contribution in [3.8, 4) is 11.4 Å². The van der Waals surface area contributed by atoms with E-state index in [2.05, 4.69) is 20.8 Å². The molecule has 0 radical (unpaired) electrons. The molecule has 3 rings (SSSR count). The minimum absolute atomic E-state index is 0.111. The van der Waals surface area contributed by atoms with Gasteiger partial charge in [0.15, 0.2) is 0 Å². The predicted molar refractivity (Wildman–Crippen MR) is 91.6 cm³/mol. The number of hydrogen-bond acceptors (Lipinski definition) is 4. The summed E-state index contributed by atoms with van der Waals surface area (Å²) < 4.78 is 5.26. The first-order valence-corrected chi connectivity index (χ1v) is 8.65. The van der Waals surface area contributed by atoms with E-state index in [1.165, 1.54) is 19.3 Å². The molecule has 1 aromatic carbocycles. The summed E-state index contributed by atoms with van der Waals surface area (Å²) in [6.45, 7) is 2.51. The predicted octanol–water partition coefficient (Wildman–Crippen LogP) is 3.22. The van der Waals surface area contributed by atoms with Gasteiger partial charge < -0.3 is 15.2 Å². The second-order valence-electron chi connectivity index (χ2n) is 6.37. The van der Waals surface area contributed by atoms with E-state index in [0.717, 1.165) is 24.0 Å². The maximum atomic E-state index is 11.9. The van der Waals surface area contributed by atoms with Crippen LogP contribution in [0.3, 0.4) is 0 Å². The van der Waals surface area contributed by atoms with Crippen LogP contribution in [0.1, 0.15) is 43.6 Å². The molecule has 1 aromatic heterocycles. The molecule has 6 nitrogen and oxygen atoms in total. The highest BCUT2D eigenvalue weighted by Crippen LogP contribution is 2.18. The van der Waals surface area contributed by atoms with Crippen molar-refractivity contribution >= 4 is 6.03 Å². The number of hydrogen-bond donors (Lipinski definition) is 2. The molecular formula is C18H24N4O2. The van der Waals surface area contributed by atoms with Gasteiger partial charge in [-0.15, -0.1) is 0 Å². The minimum Gasteiger partial charge on any atom is -0.339 e. The number of aromatic nitrogens is 2. The number of rotatable bonds is 5.